The maximum atomic E-state index is 5.59. The lowest BCUT2D eigenvalue weighted by atomic mass is 10.0. The molecule has 0 aliphatic carbocycles. The first-order chi connectivity index (χ1) is 7.20. The van der Waals surface area contributed by atoms with Crippen LogP contribution in [0.15, 0.2) is 18.3 Å². The zero-order valence-electron chi connectivity index (χ0n) is 9.48. The molecule has 1 saturated heterocycles. The second-order valence-electron chi connectivity index (χ2n) is 4.57. The fraction of sp³-hybridized carbons (Fsp3) is 0.583. The van der Waals surface area contributed by atoms with Crippen LogP contribution >= 0.6 is 0 Å². The number of rotatable bonds is 2. The first-order valence-electron chi connectivity index (χ1n) is 5.60. The molecule has 2 atom stereocenters. The topological polar surface area (TPSA) is 42.2 Å². The molecule has 0 bridgehead atoms. The van der Waals surface area contributed by atoms with E-state index in [1.807, 2.05) is 6.20 Å². The number of nitrogens with zero attached hydrogens (tertiary/aromatic N) is 2. The van der Waals surface area contributed by atoms with Crippen molar-refractivity contribution in [3.63, 3.8) is 0 Å². The molecule has 2 N–H and O–H groups in total. The van der Waals surface area contributed by atoms with Gasteiger partial charge in [-0.15, -0.1) is 0 Å². The summed E-state index contributed by atoms with van der Waals surface area (Å²) in [5.74, 6) is 1.55. The van der Waals surface area contributed by atoms with E-state index >= 15 is 0 Å². The second kappa shape index (κ2) is 4.19. The van der Waals surface area contributed by atoms with Gasteiger partial charge in [0.15, 0.2) is 0 Å². The van der Waals surface area contributed by atoms with Crippen LogP contribution in [0.4, 0.5) is 5.69 Å². The molecule has 0 saturated carbocycles. The summed E-state index contributed by atoms with van der Waals surface area (Å²) in [4.78, 5) is 6.64. The van der Waals surface area contributed by atoms with E-state index in [1.54, 1.807) is 0 Å². The number of anilines is 1. The van der Waals surface area contributed by atoms with E-state index in [0.717, 1.165) is 30.6 Å². The minimum atomic E-state index is 0.521. The highest BCUT2D eigenvalue weighted by Crippen LogP contribution is 2.27. The zero-order valence-corrected chi connectivity index (χ0v) is 9.48. The summed E-state index contributed by atoms with van der Waals surface area (Å²) >= 11 is 0. The minimum Gasteiger partial charge on any atom is -0.371 e. The minimum absolute atomic E-state index is 0.521. The van der Waals surface area contributed by atoms with Crippen LogP contribution < -0.4 is 10.6 Å². The van der Waals surface area contributed by atoms with E-state index in [-0.39, 0.29) is 0 Å². The summed E-state index contributed by atoms with van der Waals surface area (Å²) in [5.41, 5.74) is 7.83. The van der Waals surface area contributed by atoms with E-state index in [0.29, 0.717) is 6.54 Å². The van der Waals surface area contributed by atoms with Gasteiger partial charge < -0.3 is 10.6 Å². The monoisotopic (exact) mass is 205 g/mol. The Kier molecular flexibility index (Phi) is 2.91. The van der Waals surface area contributed by atoms with Gasteiger partial charge in [0.1, 0.15) is 0 Å². The van der Waals surface area contributed by atoms with Gasteiger partial charge in [-0.05, 0) is 24.0 Å². The predicted octanol–water partition coefficient (Wildman–Crippen LogP) is 1.63. The molecule has 15 heavy (non-hydrogen) atoms. The van der Waals surface area contributed by atoms with Gasteiger partial charge in [-0.1, -0.05) is 13.8 Å². The Morgan fingerprint density at radius 1 is 1.40 bits per heavy atom. The van der Waals surface area contributed by atoms with Gasteiger partial charge in [-0.2, -0.15) is 0 Å². The fourth-order valence-electron chi connectivity index (χ4n) is 2.11. The average molecular weight is 205 g/mol. The highest BCUT2D eigenvalue weighted by molar-refractivity contribution is 5.47. The molecule has 0 radical (unpaired) electrons. The van der Waals surface area contributed by atoms with Crippen LogP contribution in [-0.4, -0.2) is 18.1 Å². The van der Waals surface area contributed by atoms with Gasteiger partial charge in [0.25, 0.3) is 0 Å². The summed E-state index contributed by atoms with van der Waals surface area (Å²) < 4.78 is 0. The molecule has 2 unspecified atom stereocenters. The van der Waals surface area contributed by atoms with Crippen molar-refractivity contribution in [1.29, 1.82) is 0 Å². The Labute approximate surface area is 91.3 Å². The number of hydrogen-bond donors (Lipinski definition) is 1. The number of nitrogens with two attached hydrogens (primary N) is 1. The molecule has 1 fully saturated rings. The molecule has 0 aromatic carbocycles. The van der Waals surface area contributed by atoms with Crippen molar-refractivity contribution in [2.45, 2.75) is 20.4 Å². The normalized spacial score (nSPS) is 25.9. The predicted molar refractivity (Wildman–Crippen MR) is 62.7 cm³/mol. The van der Waals surface area contributed by atoms with Crippen LogP contribution in [0.25, 0.3) is 0 Å². The first kappa shape index (κ1) is 10.4. The van der Waals surface area contributed by atoms with Crippen molar-refractivity contribution < 1.29 is 0 Å². The SMILES string of the molecule is CC1CN(c2ccnc(CN)c2)CC1C. The van der Waals surface area contributed by atoms with Crippen LogP contribution in [-0.2, 0) is 6.54 Å². The molecule has 3 heteroatoms. The lowest BCUT2D eigenvalue weighted by Crippen LogP contribution is -2.20. The maximum absolute atomic E-state index is 5.59. The number of pyridine rings is 1. The highest BCUT2D eigenvalue weighted by Gasteiger charge is 2.26. The van der Waals surface area contributed by atoms with E-state index < -0.39 is 0 Å². The third kappa shape index (κ3) is 2.12. The van der Waals surface area contributed by atoms with Crippen molar-refractivity contribution >= 4 is 5.69 Å². The van der Waals surface area contributed by atoms with Crippen molar-refractivity contribution in [2.75, 3.05) is 18.0 Å². The quantitative estimate of drug-likeness (QED) is 0.798. The summed E-state index contributed by atoms with van der Waals surface area (Å²) in [7, 11) is 0. The van der Waals surface area contributed by atoms with Crippen LogP contribution in [0.3, 0.4) is 0 Å². The van der Waals surface area contributed by atoms with Gasteiger partial charge in [-0.3, -0.25) is 4.98 Å². The van der Waals surface area contributed by atoms with Gasteiger partial charge in [-0.25, -0.2) is 0 Å². The van der Waals surface area contributed by atoms with Crippen LogP contribution in [0.5, 0.6) is 0 Å². The molecule has 82 valence electrons. The standard InChI is InChI=1S/C12H19N3/c1-9-7-15(8-10(9)2)12-3-4-14-11(5-12)6-13/h3-5,9-10H,6-8,13H2,1-2H3. The molecular weight excluding hydrogens is 186 g/mol. The van der Waals surface area contributed by atoms with E-state index in [2.05, 4.69) is 35.9 Å². The van der Waals surface area contributed by atoms with Crippen molar-refractivity contribution in [3.8, 4) is 0 Å². The van der Waals surface area contributed by atoms with Crippen molar-refractivity contribution in [1.82, 2.24) is 4.98 Å². The number of aromatic nitrogens is 1. The van der Waals surface area contributed by atoms with Crippen LogP contribution in [0.2, 0.25) is 0 Å². The number of hydrogen-bond acceptors (Lipinski definition) is 3. The molecule has 1 aliphatic heterocycles. The zero-order chi connectivity index (χ0) is 10.8. The molecule has 2 heterocycles. The molecular formula is C12H19N3. The van der Waals surface area contributed by atoms with Crippen LogP contribution in [0, 0.1) is 11.8 Å². The molecule has 0 spiro atoms. The molecule has 1 aromatic heterocycles. The van der Waals surface area contributed by atoms with Gasteiger partial charge >= 0.3 is 0 Å². The Bertz CT molecular complexity index is 327. The van der Waals surface area contributed by atoms with Gasteiger partial charge in [0.05, 0.1) is 5.69 Å². The maximum Gasteiger partial charge on any atom is 0.0560 e. The third-order valence-corrected chi connectivity index (χ3v) is 3.36. The third-order valence-electron chi connectivity index (χ3n) is 3.36. The summed E-state index contributed by atoms with van der Waals surface area (Å²) in [6.45, 7) is 7.45. The Morgan fingerprint density at radius 2 is 2.07 bits per heavy atom. The largest absolute Gasteiger partial charge is 0.371 e. The summed E-state index contributed by atoms with van der Waals surface area (Å²) in [5, 5.41) is 0. The van der Waals surface area contributed by atoms with Crippen molar-refractivity contribution in [3.05, 3.63) is 24.0 Å². The van der Waals surface area contributed by atoms with Crippen molar-refractivity contribution in [2.24, 2.45) is 17.6 Å². The van der Waals surface area contributed by atoms with Gasteiger partial charge in [0.2, 0.25) is 0 Å². The van der Waals surface area contributed by atoms with Crippen LogP contribution in [0.1, 0.15) is 19.5 Å². The van der Waals surface area contributed by atoms with E-state index in [9.17, 15) is 0 Å². The molecule has 1 aliphatic rings. The summed E-state index contributed by atoms with van der Waals surface area (Å²) in [6, 6.07) is 4.18. The smallest absolute Gasteiger partial charge is 0.0560 e. The first-order valence-corrected chi connectivity index (χ1v) is 5.60. The molecule has 1 aromatic rings. The highest BCUT2D eigenvalue weighted by atomic mass is 15.2. The molecule has 0 amide bonds. The Hall–Kier alpha value is -1.09. The lowest BCUT2D eigenvalue weighted by Gasteiger charge is -2.18. The fourth-order valence-corrected chi connectivity index (χ4v) is 2.11. The molecule has 3 nitrogen and oxygen atoms in total. The Balaban J connectivity index is 2.16. The summed E-state index contributed by atoms with van der Waals surface area (Å²) in [6.07, 6.45) is 1.85. The Morgan fingerprint density at radius 3 is 2.67 bits per heavy atom. The molecule has 2 rings (SSSR count). The lowest BCUT2D eigenvalue weighted by molar-refractivity contribution is 0.494. The van der Waals surface area contributed by atoms with Gasteiger partial charge in [0, 0.05) is 31.5 Å². The van der Waals surface area contributed by atoms with E-state index in [1.165, 1.54) is 5.69 Å². The van der Waals surface area contributed by atoms with E-state index in [4.69, 9.17) is 5.73 Å². The second-order valence-corrected chi connectivity index (χ2v) is 4.57. The average Bonchev–Trinajstić information content (AvgIpc) is 2.59.